The van der Waals surface area contributed by atoms with Crippen LogP contribution in [-0.2, 0) is 11.2 Å². The van der Waals surface area contributed by atoms with Crippen molar-refractivity contribution in [2.24, 2.45) is 0 Å². The minimum absolute atomic E-state index is 0.0169. The number of hydrogen-bond donors (Lipinski definition) is 4. The highest BCUT2D eigenvalue weighted by Gasteiger charge is 2.18. The van der Waals surface area contributed by atoms with Crippen LogP contribution in [0.15, 0.2) is 36.4 Å². The number of aliphatic hydroxyl groups excluding tert-OH is 2. The van der Waals surface area contributed by atoms with E-state index in [1.165, 1.54) is 0 Å². The number of thiophene rings is 1. The van der Waals surface area contributed by atoms with Gasteiger partial charge in [0.05, 0.1) is 29.5 Å². The Hall–Kier alpha value is -3.12. The van der Waals surface area contributed by atoms with Gasteiger partial charge in [-0.25, -0.2) is 4.79 Å². The molecule has 1 heterocycles. The van der Waals surface area contributed by atoms with Crippen LogP contribution < -0.4 is 10.6 Å². The predicted molar refractivity (Wildman–Crippen MR) is 145 cm³/mol. The van der Waals surface area contributed by atoms with Crippen molar-refractivity contribution in [1.29, 1.82) is 0 Å². The molecule has 0 bridgehead atoms. The number of hydrogen-bond acceptors (Lipinski definition) is 9. The molecule has 1 aromatic carbocycles. The van der Waals surface area contributed by atoms with E-state index in [9.17, 15) is 19.2 Å². The average Bonchev–Trinajstić information content (AvgIpc) is 3.36. The maximum absolute atomic E-state index is 12.6. The lowest BCUT2D eigenvalue weighted by Crippen LogP contribution is -2.37. The van der Waals surface area contributed by atoms with E-state index in [1.807, 2.05) is 4.90 Å². The zero-order valence-corrected chi connectivity index (χ0v) is 22.9. The minimum atomic E-state index is -0.676. The third-order valence-corrected chi connectivity index (χ3v) is 6.52. The molecule has 0 saturated heterocycles. The first kappa shape index (κ1) is 31.1. The molecule has 38 heavy (non-hydrogen) atoms. The minimum Gasteiger partial charge on any atom is -0.444 e. The van der Waals surface area contributed by atoms with E-state index in [-0.39, 0.29) is 43.7 Å². The molecule has 0 fully saturated rings. The number of nitrogens with one attached hydrogen (secondary N) is 2. The Morgan fingerprint density at radius 3 is 2.05 bits per heavy atom. The van der Waals surface area contributed by atoms with Gasteiger partial charge in [-0.05, 0) is 57.0 Å². The van der Waals surface area contributed by atoms with E-state index in [4.69, 9.17) is 14.9 Å². The number of aryl methyl sites for hydroxylation is 1. The standard InChI is InChI=1S/C27H37N3O7S/c1-27(2,3)37-26(36)29-18-22(34)24-11-10-23(38-24)21(33)9-6-19-4-7-20(8-5-19)25(35)28-12-13-30(14-16-31)15-17-32/h4-5,7-8,10-11,31-32H,6,9,12-18H2,1-3H3,(H,28,35)(H,29,36). The first-order valence-electron chi connectivity index (χ1n) is 12.5. The summed E-state index contributed by atoms with van der Waals surface area (Å²) >= 11 is 1.10. The lowest BCUT2D eigenvalue weighted by Gasteiger charge is -2.20. The summed E-state index contributed by atoms with van der Waals surface area (Å²) in [4.78, 5) is 51.8. The summed E-state index contributed by atoms with van der Waals surface area (Å²) in [5.41, 5.74) is 0.742. The van der Waals surface area contributed by atoms with Crippen molar-refractivity contribution < 1.29 is 34.1 Å². The van der Waals surface area contributed by atoms with Crippen LogP contribution in [0.3, 0.4) is 0 Å². The number of ether oxygens (including phenoxy) is 1. The number of rotatable bonds is 15. The molecule has 2 rings (SSSR count). The summed E-state index contributed by atoms with van der Waals surface area (Å²) in [7, 11) is 0. The van der Waals surface area contributed by atoms with Gasteiger partial charge in [-0.15, -0.1) is 11.3 Å². The smallest absolute Gasteiger partial charge is 0.408 e. The summed E-state index contributed by atoms with van der Waals surface area (Å²) in [5, 5.41) is 23.3. The summed E-state index contributed by atoms with van der Waals surface area (Å²) < 4.78 is 5.11. The van der Waals surface area contributed by atoms with Crippen LogP contribution in [-0.4, -0.2) is 90.2 Å². The summed E-state index contributed by atoms with van der Waals surface area (Å²) in [6.07, 6.45) is 0.0609. The molecule has 208 valence electrons. The van der Waals surface area contributed by atoms with Gasteiger partial charge in [0.1, 0.15) is 5.60 Å². The quantitative estimate of drug-likeness (QED) is 0.249. The molecule has 1 aromatic heterocycles. The number of carbonyl (C=O) groups excluding carboxylic acids is 4. The van der Waals surface area contributed by atoms with Gasteiger partial charge in [0, 0.05) is 38.2 Å². The zero-order chi connectivity index (χ0) is 28.1. The molecule has 0 spiro atoms. The van der Waals surface area contributed by atoms with Crippen molar-refractivity contribution in [3.8, 4) is 0 Å². The van der Waals surface area contributed by atoms with Crippen LogP contribution in [0.5, 0.6) is 0 Å². The molecule has 4 N–H and O–H groups in total. The number of Topliss-reactive ketones (excluding diaryl/α,β-unsaturated/α-hetero) is 2. The Labute approximate surface area is 227 Å². The van der Waals surface area contributed by atoms with Gasteiger partial charge < -0.3 is 25.6 Å². The number of ketones is 2. The SMILES string of the molecule is CC(C)(C)OC(=O)NCC(=O)c1ccc(C(=O)CCc2ccc(C(=O)NCCN(CCO)CCO)cc2)s1. The van der Waals surface area contributed by atoms with Crippen LogP contribution in [0.25, 0.3) is 0 Å². The van der Waals surface area contributed by atoms with Crippen molar-refractivity contribution in [3.05, 3.63) is 57.3 Å². The van der Waals surface area contributed by atoms with Crippen molar-refractivity contribution in [2.45, 2.75) is 39.2 Å². The van der Waals surface area contributed by atoms with Gasteiger partial charge in [-0.3, -0.25) is 19.3 Å². The molecule has 10 nitrogen and oxygen atoms in total. The highest BCUT2D eigenvalue weighted by atomic mass is 32.1. The average molecular weight is 548 g/mol. The summed E-state index contributed by atoms with van der Waals surface area (Å²) in [6.45, 7) is 6.71. The fraction of sp³-hybridized carbons (Fsp3) is 0.481. The Morgan fingerprint density at radius 1 is 0.868 bits per heavy atom. The zero-order valence-electron chi connectivity index (χ0n) is 22.1. The van der Waals surface area contributed by atoms with E-state index in [2.05, 4.69) is 10.6 Å². The first-order valence-corrected chi connectivity index (χ1v) is 13.3. The van der Waals surface area contributed by atoms with Crippen molar-refractivity contribution in [3.63, 3.8) is 0 Å². The van der Waals surface area contributed by atoms with Gasteiger partial charge in [0.15, 0.2) is 11.6 Å². The fourth-order valence-electron chi connectivity index (χ4n) is 3.44. The lowest BCUT2D eigenvalue weighted by atomic mass is 10.0. The molecule has 11 heteroatoms. The topological polar surface area (TPSA) is 145 Å². The second-order valence-corrected chi connectivity index (χ2v) is 10.7. The van der Waals surface area contributed by atoms with Gasteiger partial charge in [-0.1, -0.05) is 12.1 Å². The first-order chi connectivity index (χ1) is 18.0. The summed E-state index contributed by atoms with van der Waals surface area (Å²) in [6, 6.07) is 10.2. The Morgan fingerprint density at radius 2 is 1.47 bits per heavy atom. The predicted octanol–water partition coefficient (Wildman–Crippen LogP) is 2.29. The van der Waals surface area contributed by atoms with Crippen molar-refractivity contribution >= 4 is 34.9 Å². The maximum atomic E-state index is 12.6. The molecule has 0 radical (unpaired) electrons. The Balaban J connectivity index is 1.79. The largest absolute Gasteiger partial charge is 0.444 e. The highest BCUT2D eigenvalue weighted by Crippen LogP contribution is 2.20. The molecule has 0 unspecified atom stereocenters. The molecule has 2 aromatic rings. The van der Waals surface area contributed by atoms with E-state index >= 15 is 0 Å². The van der Waals surface area contributed by atoms with Crippen LogP contribution in [0, 0.1) is 0 Å². The summed E-state index contributed by atoms with van der Waals surface area (Å²) in [5.74, 6) is -0.618. The van der Waals surface area contributed by atoms with E-state index in [0.717, 1.165) is 16.9 Å². The van der Waals surface area contributed by atoms with E-state index in [0.29, 0.717) is 47.9 Å². The number of nitrogens with zero attached hydrogens (tertiary/aromatic N) is 1. The third kappa shape index (κ3) is 11.1. The second kappa shape index (κ2) is 15.3. The highest BCUT2D eigenvalue weighted by molar-refractivity contribution is 7.16. The molecular formula is C27H37N3O7S. The van der Waals surface area contributed by atoms with E-state index in [1.54, 1.807) is 57.2 Å². The number of aliphatic hydroxyl groups is 2. The maximum Gasteiger partial charge on any atom is 0.408 e. The normalized spacial score (nSPS) is 11.3. The monoisotopic (exact) mass is 547 g/mol. The number of amides is 2. The number of benzene rings is 1. The van der Waals surface area contributed by atoms with Gasteiger partial charge in [-0.2, -0.15) is 0 Å². The molecule has 2 amide bonds. The molecule has 0 atom stereocenters. The molecule has 0 saturated carbocycles. The third-order valence-electron chi connectivity index (χ3n) is 5.35. The number of carbonyl (C=O) groups is 4. The number of alkyl carbamates (subject to hydrolysis) is 1. The molecule has 0 aliphatic heterocycles. The van der Waals surface area contributed by atoms with Gasteiger partial charge in [0.2, 0.25) is 0 Å². The Bertz CT molecular complexity index is 1070. The lowest BCUT2D eigenvalue weighted by molar-refractivity contribution is 0.0520. The molecule has 0 aliphatic rings. The van der Waals surface area contributed by atoms with Gasteiger partial charge in [0.25, 0.3) is 5.91 Å². The molecule has 0 aliphatic carbocycles. The van der Waals surface area contributed by atoms with Gasteiger partial charge >= 0.3 is 6.09 Å². The van der Waals surface area contributed by atoms with Crippen LogP contribution in [0.4, 0.5) is 4.79 Å². The van der Waals surface area contributed by atoms with Crippen molar-refractivity contribution in [1.82, 2.24) is 15.5 Å². The van der Waals surface area contributed by atoms with Crippen molar-refractivity contribution in [2.75, 3.05) is 45.9 Å². The van der Waals surface area contributed by atoms with Crippen LogP contribution in [0.2, 0.25) is 0 Å². The second-order valence-electron chi connectivity index (χ2n) is 9.61. The fourth-order valence-corrected chi connectivity index (χ4v) is 4.35. The van der Waals surface area contributed by atoms with Crippen LogP contribution in [0.1, 0.15) is 62.5 Å². The Kier molecular flexibility index (Phi) is 12.5. The van der Waals surface area contributed by atoms with E-state index < -0.39 is 11.7 Å². The molecular weight excluding hydrogens is 510 g/mol. The van der Waals surface area contributed by atoms with Crippen LogP contribution >= 0.6 is 11.3 Å².